The lowest BCUT2D eigenvalue weighted by atomic mass is 10.2. The number of rotatable bonds is 2. The second-order valence-electron chi connectivity index (χ2n) is 3.80. The van der Waals surface area contributed by atoms with Gasteiger partial charge in [-0.25, -0.2) is 4.39 Å². The lowest BCUT2D eigenvalue weighted by Crippen LogP contribution is -1.91. The number of fused-ring (bicyclic) bond motifs is 1. The number of halogens is 1. The fraction of sp³-hybridized carbons (Fsp3) is 0.0833. The third-order valence-electron chi connectivity index (χ3n) is 2.62. The summed E-state index contributed by atoms with van der Waals surface area (Å²) in [6, 6.07) is 8.52. The molecule has 0 aliphatic carbocycles. The molecule has 17 heavy (non-hydrogen) atoms. The van der Waals surface area contributed by atoms with Crippen LogP contribution in [-0.4, -0.2) is 9.36 Å². The fourth-order valence-corrected chi connectivity index (χ4v) is 2.38. The summed E-state index contributed by atoms with van der Waals surface area (Å²) in [6.07, 6.45) is 0. The van der Waals surface area contributed by atoms with E-state index in [1.807, 2.05) is 12.1 Å². The molecular formula is C12H10FN3S. The van der Waals surface area contributed by atoms with E-state index < -0.39 is 0 Å². The normalized spacial score (nSPS) is 11.2. The van der Waals surface area contributed by atoms with Crippen LogP contribution in [0.25, 0.3) is 22.3 Å². The van der Waals surface area contributed by atoms with E-state index in [9.17, 15) is 4.39 Å². The molecule has 0 saturated heterocycles. The Balaban J connectivity index is 2.11. The van der Waals surface area contributed by atoms with Crippen molar-refractivity contribution < 1.29 is 4.39 Å². The minimum absolute atomic E-state index is 0.232. The van der Waals surface area contributed by atoms with Crippen molar-refractivity contribution in [1.82, 2.24) is 9.36 Å². The zero-order valence-corrected chi connectivity index (χ0v) is 9.72. The van der Waals surface area contributed by atoms with E-state index in [2.05, 4.69) is 9.36 Å². The molecule has 0 amide bonds. The van der Waals surface area contributed by atoms with Gasteiger partial charge in [0.15, 0.2) is 0 Å². The van der Waals surface area contributed by atoms with Gasteiger partial charge in [0.05, 0.1) is 5.69 Å². The van der Waals surface area contributed by atoms with Crippen LogP contribution >= 0.6 is 11.5 Å². The highest BCUT2D eigenvalue weighted by molar-refractivity contribution is 7.06. The Hall–Kier alpha value is -1.72. The summed E-state index contributed by atoms with van der Waals surface area (Å²) in [5.74, 6) is -0.232. The fourth-order valence-electron chi connectivity index (χ4n) is 1.78. The predicted octanol–water partition coefficient (Wildman–Crippen LogP) is 2.89. The van der Waals surface area contributed by atoms with E-state index in [-0.39, 0.29) is 5.82 Å². The van der Waals surface area contributed by atoms with E-state index in [1.165, 1.54) is 23.7 Å². The largest absolute Gasteiger partial charge is 0.353 e. The summed E-state index contributed by atoms with van der Waals surface area (Å²) in [5, 5.41) is 0.849. The van der Waals surface area contributed by atoms with Gasteiger partial charge in [-0.05, 0) is 41.9 Å². The molecule has 3 aromatic rings. The third kappa shape index (κ3) is 1.83. The van der Waals surface area contributed by atoms with Gasteiger partial charge in [-0.15, -0.1) is 0 Å². The van der Waals surface area contributed by atoms with Gasteiger partial charge in [0, 0.05) is 22.3 Å². The van der Waals surface area contributed by atoms with Crippen LogP contribution in [0.4, 0.5) is 4.39 Å². The molecule has 3 rings (SSSR count). The van der Waals surface area contributed by atoms with Crippen molar-refractivity contribution in [2.24, 2.45) is 5.73 Å². The Morgan fingerprint density at radius 1 is 1.29 bits per heavy atom. The lowest BCUT2D eigenvalue weighted by Gasteiger charge is -1.88. The topological polar surface area (TPSA) is 54.7 Å². The van der Waals surface area contributed by atoms with Crippen molar-refractivity contribution in [2.75, 3.05) is 0 Å². The highest BCUT2D eigenvalue weighted by Crippen LogP contribution is 2.25. The maximum absolute atomic E-state index is 13.1. The minimum Gasteiger partial charge on any atom is -0.353 e. The van der Waals surface area contributed by atoms with Gasteiger partial charge in [0.1, 0.15) is 11.5 Å². The number of nitrogens with one attached hydrogen (secondary N) is 1. The average Bonchev–Trinajstić information content (AvgIpc) is 2.93. The number of H-pyrrole nitrogens is 1. The molecule has 0 saturated carbocycles. The Kier molecular flexibility index (Phi) is 2.42. The van der Waals surface area contributed by atoms with Gasteiger partial charge >= 0.3 is 0 Å². The third-order valence-corrected chi connectivity index (χ3v) is 3.43. The second kappa shape index (κ2) is 3.94. The van der Waals surface area contributed by atoms with Gasteiger partial charge in [0.25, 0.3) is 0 Å². The smallest absolute Gasteiger partial charge is 0.123 e. The highest BCUT2D eigenvalue weighted by atomic mass is 32.1. The number of hydrogen-bond acceptors (Lipinski definition) is 3. The Morgan fingerprint density at radius 2 is 2.18 bits per heavy atom. The van der Waals surface area contributed by atoms with E-state index in [1.54, 1.807) is 6.07 Å². The molecule has 0 spiro atoms. The summed E-state index contributed by atoms with van der Waals surface area (Å²) in [4.78, 5) is 4.25. The van der Waals surface area contributed by atoms with Crippen molar-refractivity contribution in [1.29, 1.82) is 0 Å². The van der Waals surface area contributed by atoms with Gasteiger partial charge in [-0.3, -0.25) is 0 Å². The van der Waals surface area contributed by atoms with Crippen molar-refractivity contribution in [3.8, 4) is 11.4 Å². The summed E-state index contributed by atoms with van der Waals surface area (Å²) in [6.45, 7) is 0.493. The molecule has 0 bridgehead atoms. The molecule has 0 unspecified atom stereocenters. The summed E-state index contributed by atoms with van der Waals surface area (Å²) >= 11 is 1.39. The van der Waals surface area contributed by atoms with E-state index in [4.69, 9.17) is 5.73 Å². The molecule has 5 heteroatoms. The number of aromatic amines is 1. The SMILES string of the molecule is NCc1cc(-c2cc3cc(F)ccc3[nH]2)ns1. The van der Waals surface area contributed by atoms with Crippen LogP contribution in [0.1, 0.15) is 4.88 Å². The van der Waals surface area contributed by atoms with Crippen molar-refractivity contribution >= 4 is 22.4 Å². The molecule has 3 nitrogen and oxygen atoms in total. The molecule has 2 aromatic heterocycles. The first-order valence-corrected chi connectivity index (χ1v) is 5.98. The first-order chi connectivity index (χ1) is 8.26. The summed E-state index contributed by atoms with van der Waals surface area (Å²) in [5.41, 5.74) is 8.20. The van der Waals surface area contributed by atoms with Crippen LogP contribution in [0, 0.1) is 5.82 Å². The molecule has 0 atom stereocenters. The number of benzene rings is 1. The van der Waals surface area contributed by atoms with Crippen LogP contribution in [0.3, 0.4) is 0 Å². The Morgan fingerprint density at radius 3 is 2.94 bits per heavy atom. The van der Waals surface area contributed by atoms with E-state index >= 15 is 0 Å². The van der Waals surface area contributed by atoms with Crippen molar-refractivity contribution in [2.45, 2.75) is 6.54 Å². The molecule has 2 heterocycles. The zero-order valence-electron chi connectivity index (χ0n) is 8.90. The molecule has 0 radical (unpaired) electrons. The maximum Gasteiger partial charge on any atom is 0.123 e. The maximum atomic E-state index is 13.1. The minimum atomic E-state index is -0.232. The Labute approximate surface area is 101 Å². The van der Waals surface area contributed by atoms with Crippen molar-refractivity contribution in [3.63, 3.8) is 0 Å². The molecule has 0 aliphatic heterocycles. The van der Waals surface area contributed by atoms with Gasteiger partial charge in [-0.2, -0.15) is 4.37 Å². The molecule has 0 fully saturated rings. The van der Waals surface area contributed by atoms with Crippen LogP contribution < -0.4 is 5.73 Å². The molecular weight excluding hydrogens is 237 g/mol. The van der Waals surface area contributed by atoms with E-state index in [0.29, 0.717) is 6.54 Å². The predicted molar refractivity (Wildman–Crippen MR) is 67.3 cm³/mol. The molecule has 3 N–H and O–H groups in total. The lowest BCUT2D eigenvalue weighted by molar-refractivity contribution is 0.630. The van der Waals surface area contributed by atoms with Crippen LogP contribution in [0.15, 0.2) is 30.3 Å². The summed E-state index contributed by atoms with van der Waals surface area (Å²) < 4.78 is 17.4. The van der Waals surface area contributed by atoms with E-state index in [0.717, 1.165) is 27.2 Å². The molecule has 1 aromatic carbocycles. The Bertz CT molecular complexity index is 671. The van der Waals surface area contributed by atoms with Gasteiger partial charge in [-0.1, -0.05) is 0 Å². The summed E-state index contributed by atoms with van der Waals surface area (Å²) in [7, 11) is 0. The van der Waals surface area contributed by atoms with Crippen LogP contribution in [0.2, 0.25) is 0 Å². The van der Waals surface area contributed by atoms with Gasteiger partial charge < -0.3 is 10.7 Å². The number of aromatic nitrogens is 2. The first kappa shape index (κ1) is 10.4. The van der Waals surface area contributed by atoms with Gasteiger partial charge in [0.2, 0.25) is 0 Å². The van der Waals surface area contributed by atoms with Crippen LogP contribution in [-0.2, 0) is 6.54 Å². The van der Waals surface area contributed by atoms with Crippen LogP contribution in [0.5, 0.6) is 0 Å². The average molecular weight is 247 g/mol. The standard InChI is InChI=1S/C12H10FN3S/c13-8-1-2-10-7(3-8)4-11(15-10)12-5-9(6-14)17-16-12/h1-5,15H,6,14H2. The number of nitrogens with two attached hydrogens (primary N) is 1. The van der Waals surface area contributed by atoms with Crippen molar-refractivity contribution in [3.05, 3.63) is 41.0 Å². The molecule has 86 valence electrons. The number of nitrogens with zero attached hydrogens (tertiary/aromatic N) is 1. The molecule has 0 aliphatic rings. The first-order valence-electron chi connectivity index (χ1n) is 5.20. The number of hydrogen-bond donors (Lipinski definition) is 2. The quantitative estimate of drug-likeness (QED) is 0.731. The zero-order chi connectivity index (χ0) is 11.8. The second-order valence-corrected chi connectivity index (χ2v) is 4.69. The highest BCUT2D eigenvalue weighted by Gasteiger charge is 2.07. The monoisotopic (exact) mass is 247 g/mol.